The van der Waals surface area contributed by atoms with Crippen molar-refractivity contribution >= 4 is 140 Å². The Morgan fingerprint density at radius 1 is 0.567 bits per heavy atom. The van der Waals surface area contributed by atoms with Crippen LogP contribution >= 0.6 is 11.8 Å². The largest absolute Gasteiger partial charge is 0.508 e. The van der Waals surface area contributed by atoms with E-state index in [1.165, 1.54) is 59.4 Å². The van der Waals surface area contributed by atoms with Crippen LogP contribution in [0.15, 0.2) is 103 Å². The number of rotatable bonds is 28. The molecule has 25 N–H and O–H groups in total. The van der Waals surface area contributed by atoms with Gasteiger partial charge >= 0.3 is 0 Å². The lowest BCUT2D eigenvalue weighted by Crippen LogP contribution is -2.62. The van der Waals surface area contributed by atoms with E-state index in [-0.39, 0.29) is 102 Å². The van der Waals surface area contributed by atoms with Gasteiger partial charge in [-0.3, -0.25) is 86.9 Å². The van der Waals surface area contributed by atoms with Gasteiger partial charge in [-0.15, -0.1) is 11.8 Å². The average molecular weight is 1980 g/mol. The summed E-state index contributed by atoms with van der Waals surface area (Å²) in [5.74, 6) is -17.7. The number of phenols is 1. The van der Waals surface area contributed by atoms with E-state index in [4.69, 9.17) is 33.1 Å². The molecule has 17 amide bonds. The van der Waals surface area contributed by atoms with Crippen molar-refractivity contribution < 1.29 is 102 Å². The van der Waals surface area contributed by atoms with Gasteiger partial charge in [0.2, 0.25) is 100 Å². The summed E-state index contributed by atoms with van der Waals surface area (Å²) in [7, 11) is 5.40. The van der Waals surface area contributed by atoms with Crippen molar-refractivity contribution in [3.05, 3.63) is 120 Å². The third kappa shape index (κ3) is 30.5. The van der Waals surface area contributed by atoms with Gasteiger partial charge in [0.15, 0.2) is 5.96 Å². The number of hydrogen-bond donors (Lipinski definition) is 21. The Morgan fingerprint density at radius 2 is 1.13 bits per heavy atom. The first-order valence-corrected chi connectivity index (χ1v) is 48.5. The number of aliphatic hydroxyl groups excluding tert-OH is 2. The number of aromatic amines is 2. The first-order valence-electron chi connectivity index (χ1n) is 47.4. The maximum absolute atomic E-state index is 16.2. The number of amides is 17. The van der Waals surface area contributed by atoms with Crippen LogP contribution in [-0.2, 0) is 101 Å². The quantitative estimate of drug-likeness (QED) is 0.0145. The number of nitrogens with one attached hydrogen (secondary N) is 14. The standard InChI is InChI=1S/C96H135N23O21S/c1-10-12-25-74-88(132)107-65(24-18-38-102-96(100)101)84(128)114-73(83(127)104-47-79(99)124)50-141-51-80(125)105-69(41-54-28-32-57(121)33-29-54)91(135)115(6)53(5)82(126)110-71(45-78(98)123)93(137)118-39-19-27-75(118)89(133)108-66(36-37-97)85(129)111-68(40-52(3)4)94(138)119-48-58(122)43-77(119)90(134)109-67(42-56-46-103-63-22-16-14-20-60(56)63)86(130)113-72(49-120)87(131)112-70(92(136)117(8)76(26-13-11-2)95(139)116(74)7)44-62-61-21-15-17-23-64(61)106-81(62)55-30-34-59(140-9)35-31-55/h14-17,20-23,28-35,46,52-53,58,65-77,103,106,120-122H,10-13,18-19,24-27,36-45,47-51,97H2,1-9H3,(H2,98,123)(H2,99,124)(H,104,127)(H,105,125)(H,107,132)(H,108,133)(H,109,134)(H,110,126)(H,111,129)(H,112,131)(H,113,130)(H,114,128)(H4,100,101,102)/t53-,58+,65-,66-,67-,68-,69-,70-,71-,72-,73-,74-,75-,76-,77-/m0/s1. The zero-order valence-corrected chi connectivity index (χ0v) is 81.7. The third-order valence-corrected chi connectivity index (χ3v) is 26.3. The Kier molecular flexibility index (Phi) is 41.5. The van der Waals surface area contributed by atoms with Crippen molar-refractivity contribution in [2.75, 3.05) is 79.1 Å². The van der Waals surface area contributed by atoms with Crippen molar-refractivity contribution in [3.63, 3.8) is 0 Å². The van der Waals surface area contributed by atoms with Gasteiger partial charge in [-0.1, -0.05) is 102 Å². The second-order valence-corrected chi connectivity index (χ2v) is 37.2. The topological polar surface area (TPSA) is 668 Å². The summed E-state index contributed by atoms with van der Waals surface area (Å²) in [6.07, 6.45) is -0.872. The summed E-state index contributed by atoms with van der Waals surface area (Å²) in [6.45, 7) is 5.72. The van der Waals surface area contributed by atoms with Crippen molar-refractivity contribution in [2.24, 2.45) is 28.9 Å². The summed E-state index contributed by atoms with van der Waals surface area (Å²) in [5.41, 5.74) is 26.6. The number of ether oxygens (including phenoxy) is 1. The molecule has 4 aromatic carbocycles. The van der Waals surface area contributed by atoms with Gasteiger partial charge in [-0.25, -0.2) is 0 Å². The number of phenolic OH excluding ortho intramolecular Hbond substituents is 1. The molecule has 0 spiro atoms. The summed E-state index contributed by atoms with van der Waals surface area (Å²) in [6, 6.07) is 4.55. The number of carbonyl (C=O) groups excluding carboxylic acids is 17. The predicted molar refractivity (Wildman–Crippen MR) is 523 cm³/mol. The lowest BCUT2D eigenvalue weighted by molar-refractivity contribution is -0.149. The van der Waals surface area contributed by atoms with Gasteiger partial charge in [0.25, 0.3) is 0 Å². The molecule has 15 atom stereocenters. The molecular formula is C96H135N23O21S. The number of fused-ring (bicyclic) bond motifs is 4. The number of benzene rings is 4. The van der Waals surface area contributed by atoms with E-state index >= 15 is 38.4 Å². The van der Waals surface area contributed by atoms with E-state index in [2.05, 4.69) is 68.5 Å². The molecule has 2 aromatic heterocycles. The normalized spacial score (nSPS) is 24.2. The molecular weight excluding hydrogens is 1840 g/mol. The van der Waals surface area contributed by atoms with Crippen LogP contribution in [0.4, 0.5) is 0 Å². The number of nitrogens with zero attached hydrogens (tertiary/aromatic N) is 5. The fourth-order valence-corrected chi connectivity index (χ4v) is 18.4. The molecule has 0 radical (unpaired) electrons. The van der Waals surface area contributed by atoms with Crippen LogP contribution in [0.3, 0.4) is 0 Å². The number of guanidine groups is 1. The molecule has 141 heavy (non-hydrogen) atoms. The Hall–Kier alpha value is -14.0. The van der Waals surface area contributed by atoms with E-state index in [0.717, 1.165) is 36.3 Å². The Balaban J connectivity index is 1.13. The number of H-pyrrole nitrogens is 2. The van der Waals surface area contributed by atoms with Gasteiger partial charge in [0, 0.05) is 106 Å². The Morgan fingerprint density at radius 3 is 1.78 bits per heavy atom. The highest BCUT2D eigenvalue weighted by atomic mass is 32.2. The van der Waals surface area contributed by atoms with Gasteiger partial charge in [-0.2, -0.15) is 0 Å². The number of methoxy groups -OCH3 is 1. The molecule has 0 saturated carbocycles. The van der Waals surface area contributed by atoms with Crippen LogP contribution in [0.2, 0.25) is 0 Å². The summed E-state index contributed by atoms with van der Waals surface area (Å²) in [5, 5.41) is 71.4. The molecule has 5 heterocycles. The average Bonchev–Trinajstić information content (AvgIpc) is 1.63. The molecule has 44 nitrogen and oxygen atoms in total. The number of para-hydroxylation sites is 2. The summed E-state index contributed by atoms with van der Waals surface area (Å²) in [4.78, 5) is 264. The van der Waals surface area contributed by atoms with Crippen molar-refractivity contribution in [2.45, 2.75) is 234 Å². The van der Waals surface area contributed by atoms with Crippen molar-refractivity contribution in [1.82, 2.24) is 93.0 Å². The molecule has 0 unspecified atom stereocenters. The maximum atomic E-state index is 16.2. The molecule has 0 bridgehead atoms. The fraction of sp³-hybridized carbons (Fsp3) is 0.521. The zero-order valence-electron chi connectivity index (χ0n) is 80.9. The number of nitrogens with two attached hydrogens (primary N) is 4. The van der Waals surface area contributed by atoms with Gasteiger partial charge in [0.1, 0.15) is 96.1 Å². The predicted octanol–water partition coefficient (Wildman–Crippen LogP) is -1.87. The minimum Gasteiger partial charge on any atom is -0.508 e. The number of primary amides is 2. The number of aromatic hydroxyl groups is 1. The highest BCUT2D eigenvalue weighted by Gasteiger charge is 2.47. The van der Waals surface area contributed by atoms with Gasteiger partial charge in [-0.05, 0) is 142 Å². The highest BCUT2D eigenvalue weighted by Crippen LogP contribution is 2.34. The first kappa shape index (κ1) is 111. The molecule has 3 aliphatic heterocycles. The van der Waals surface area contributed by atoms with Gasteiger partial charge in [0.05, 0.1) is 38.5 Å². The minimum atomic E-state index is -1.94. The van der Waals surface area contributed by atoms with E-state index in [1.54, 1.807) is 92.8 Å². The van der Waals surface area contributed by atoms with Crippen LogP contribution in [0.25, 0.3) is 33.1 Å². The first-order chi connectivity index (χ1) is 67.2. The summed E-state index contributed by atoms with van der Waals surface area (Å²) < 4.78 is 5.51. The number of aromatic nitrogens is 2. The number of unbranched alkanes of at least 4 members (excludes halogenated alkanes) is 2. The van der Waals surface area contributed by atoms with E-state index in [0.29, 0.717) is 81.2 Å². The molecule has 9 rings (SSSR count). The van der Waals surface area contributed by atoms with E-state index < -0.39 is 241 Å². The van der Waals surface area contributed by atoms with Gasteiger partial charge < -0.3 is 136 Å². The summed E-state index contributed by atoms with van der Waals surface area (Å²) >= 11 is 0.757. The Bertz CT molecular complexity index is 5450. The van der Waals surface area contributed by atoms with Crippen LogP contribution in [0.5, 0.6) is 11.5 Å². The lowest BCUT2D eigenvalue weighted by atomic mass is 9.96. The van der Waals surface area contributed by atoms with Crippen LogP contribution < -0.4 is 86.2 Å². The maximum Gasteiger partial charge on any atom is 0.246 e. The minimum absolute atomic E-state index is 0.0133. The second-order valence-electron chi connectivity index (χ2n) is 36.2. The molecule has 0 aliphatic carbocycles. The molecule has 45 heteroatoms. The monoisotopic (exact) mass is 1980 g/mol. The fourth-order valence-electron chi connectivity index (χ4n) is 17.5. The molecule has 766 valence electrons. The van der Waals surface area contributed by atoms with E-state index in [1.807, 2.05) is 13.8 Å². The molecule has 3 fully saturated rings. The Labute approximate surface area is 820 Å². The number of aliphatic hydroxyl groups is 2. The van der Waals surface area contributed by atoms with E-state index in [9.17, 15) is 58.5 Å². The highest BCUT2D eigenvalue weighted by molar-refractivity contribution is 8.00. The number of carbonyl (C=O) groups is 17. The van der Waals surface area contributed by atoms with Crippen LogP contribution in [-0.4, -0.2) is 326 Å². The number of thioether (sulfide) groups is 1. The molecule has 3 aliphatic rings. The second kappa shape index (κ2) is 52.9. The molecule has 6 aromatic rings. The smallest absolute Gasteiger partial charge is 0.246 e. The SMILES string of the molecule is CCCC[C@H]1C(=O)N(C)[C@@H](CCCC)C(=O)N[C@@H](CCCNC(=N)N)C(=O)N[C@H](C(=O)NCC(N)=O)CSCC(=O)N[C@@H](Cc2ccc(O)cc2)C(=O)N(C)[C@@H](C)C(=O)N[C@@H](CC(N)=O)C(=O)N2CCC[C@H]2C(=O)N[C@@H](CCN)C(=O)N[C@@H](CC(C)C)C(=O)N2C[C@H](O)C[C@H]2C(=O)N[C@@H](Cc2c[nH]c3ccccc23)C(=O)N[C@@H](CO)C(=O)N[C@@H](Cc2c(-c3ccc(OC)cc3)[nH]c3ccccc23)C(=O)N1C. The zero-order chi connectivity index (χ0) is 103. The number of hydrogen-bond acceptors (Lipinski definition) is 24. The van der Waals surface area contributed by atoms with Crippen LogP contribution in [0, 0.1) is 11.3 Å². The van der Waals surface area contributed by atoms with Crippen molar-refractivity contribution in [3.8, 4) is 22.8 Å². The van der Waals surface area contributed by atoms with Crippen LogP contribution in [0.1, 0.15) is 141 Å². The van der Waals surface area contributed by atoms with Crippen molar-refractivity contribution in [1.29, 1.82) is 5.41 Å². The lowest BCUT2D eigenvalue weighted by Gasteiger charge is -2.36. The number of likely N-dealkylation sites (N-methyl/N-ethyl adjacent to an activating group) is 3. The third-order valence-electron chi connectivity index (χ3n) is 25.3. The molecule has 3 saturated heterocycles.